The maximum Gasteiger partial charge on any atom is 0.325 e. The molecule has 0 saturated heterocycles. The van der Waals surface area contributed by atoms with Gasteiger partial charge in [-0.15, -0.1) is 47.0 Å². The number of rotatable bonds is 31. The van der Waals surface area contributed by atoms with Crippen molar-refractivity contribution in [2.45, 2.75) is 124 Å². The summed E-state index contributed by atoms with van der Waals surface area (Å²) in [7, 11) is 5.72. The van der Waals surface area contributed by atoms with Gasteiger partial charge in [0.1, 0.15) is 30.8 Å². The van der Waals surface area contributed by atoms with Crippen LogP contribution in [0, 0.1) is 0 Å². The standard InChI is InChI=1S/C19H34N3O5PS2.C10H21N2O3P.C8H12O4S2.CH4/c1-13(23)10-29-15-6-7-16(15)30-11-17(24)21-8-4-3-5-14(20-2)19(26)22-9-18(25)27-12-28;11-6-2-1-3-8(12)9(13)4-5-10(14)15-7-16;9-7(10)3-13-5-1-2-6(5)14-4-8(11)12;/h14-16,20H,3-12,28H2,1-2H3,(H,21,24)(H,22,26);8H,1-7,11-12,16H2;5-6H,1-4H2,(H,9,10)(H,11,12);1H4/t14-,15?,16?;8-;;/m00../s1/i12T;7T;;/t12?,14-,15?,16?;7?,8-;;. The minimum absolute atomic E-state index is 0. The summed E-state index contributed by atoms with van der Waals surface area (Å²) in [5.74, 6) is -1.86. The molecule has 8 unspecified atom stereocenters. The van der Waals surface area contributed by atoms with Crippen molar-refractivity contribution in [1.82, 2.24) is 16.0 Å². The van der Waals surface area contributed by atoms with E-state index in [4.69, 9.17) is 24.4 Å². The third kappa shape index (κ3) is 32.6. The average Bonchev–Trinajstić information content (AvgIpc) is 3.16. The maximum absolute atomic E-state index is 12.1. The highest BCUT2D eigenvalue weighted by atomic mass is 32.2. The van der Waals surface area contributed by atoms with Crippen LogP contribution in [0.25, 0.3) is 0 Å². The van der Waals surface area contributed by atoms with E-state index >= 15 is 0 Å². The van der Waals surface area contributed by atoms with Crippen LogP contribution in [0.2, 0.25) is 0 Å². The third-order valence-corrected chi connectivity index (χ3v) is 15.2. The zero-order chi connectivity index (χ0) is 47.0. The minimum atomic E-state index is -1.04. The number of likely N-dealkylation sites (N-methyl/N-ethyl adjacent to an activating group) is 1. The molecule has 0 aliphatic heterocycles. The van der Waals surface area contributed by atoms with Gasteiger partial charge in [0.05, 0.1) is 44.3 Å². The first-order valence-corrected chi connectivity index (χ1v) is 25.2. The number of carboxylic acid groups (broad SMARTS) is 2. The molecule has 0 bridgehead atoms. The number of carbonyl (C=O) groups is 8. The second-order valence-electron chi connectivity index (χ2n) is 13.6. The van der Waals surface area contributed by atoms with Crippen molar-refractivity contribution in [2.75, 3.05) is 62.3 Å². The van der Waals surface area contributed by atoms with Crippen LogP contribution >= 0.6 is 65.5 Å². The van der Waals surface area contributed by atoms with Gasteiger partial charge in [-0.1, -0.05) is 32.3 Å². The monoisotopic (exact) mass is 983 g/mol. The number of hydrogen-bond donors (Lipinski definition) is 7. The van der Waals surface area contributed by atoms with Crippen molar-refractivity contribution in [3.05, 3.63) is 0 Å². The van der Waals surface area contributed by atoms with Crippen LogP contribution in [0.1, 0.15) is 94.1 Å². The Labute approximate surface area is 386 Å². The van der Waals surface area contributed by atoms with Gasteiger partial charge in [-0.25, -0.2) is 0 Å². The van der Waals surface area contributed by atoms with Crippen LogP contribution in [0.3, 0.4) is 0 Å². The molecule has 2 fully saturated rings. The molecule has 2 rings (SSSR count). The van der Waals surface area contributed by atoms with Gasteiger partial charge in [0.25, 0.3) is 0 Å². The molecule has 0 aromatic carbocycles. The average molecular weight is 984 g/mol. The summed E-state index contributed by atoms with van der Waals surface area (Å²) < 4.78 is 23.3. The van der Waals surface area contributed by atoms with Crippen molar-refractivity contribution in [1.29, 1.82) is 0 Å². The van der Waals surface area contributed by atoms with E-state index in [9.17, 15) is 38.4 Å². The highest BCUT2D eigenvalue weighted by molar-refractivity contribution is 8.05. The van der Waals surface area contributed by atoms with E-state index in [0.29, 0.717) is 58.4 Å². The van der Waals surface area contributed by atoms with Gasteiger partial charge < -0.3 is 47.1 Å². The number of ether oxygens (including phenoxy) is 2. The first-order chi connectivity index (χ1) is 29.3. The zero-order valence-corrected chi connectivity index (χ0v) is 40.0. The number of nitrogens with one attached hydrogen (secondary N) is 3. The van der Waals surface area contributed by atoms with E-state index in [1.54, 1.807) is 37.5 Å². The first kappa shape index (κ1) is 57.3. The van der Waals surface area contributed by atoms with Crippen molar-refractivity contribution >= 4 is 113 Å². The number of carboxylic acids is 2. The molecule has 9 N–H and O–H groups in total. The molecule has 2 aliphatic carbocycles. The smallest absolute Gasteiger partial charge is 0.325 e. The molecule has 0 spiro atoms. The van der Waals surface area contributed by atoms with E-state index < -0.39 is 48.6 Å². The summed E-state index contributed by atoms with van der Waals surface area (Å²) in [5, 5.41) is 26.8. The number of nitrogens with two attached hydrogens (primary N) is 2. The molecule has 2 amide bonds. The molecule has 23 heteroatoms. The zero-order valence-electron chi connectivity index (χ0n) is 36.5. The third-order valence-electron chi connectivity index (χ3n) is 8.74. The molecule has 0 radical (unpaired) electrons. The molecule has 10 atom stereocenters. The highest BCUT2D eigenvalue weighted by Crippen LogP contribution is 2.40. The normalized spacial score (nSPS) is 19.8. The van der Waals surface area contributed by atoms with E-state index in [1.807, 2.05) is 18.5 Å². The Morgan fingerprint density at radius 2 is 1.23 bits per heavy atom. The predicted octanol–water partition coefficient (Wildman–Crippen LogP) is 2.90. The second kappa shape index (κ2) is 38.7. The molecular formula is C38H71N5O12P2S4. The number of thioether (sulfide) groups is 4. The van der Waals surface area contributed by atoms with Crippen molar-refractivity contribution in [3.8, 4) is 0 Å². The number of amides is 2. The molecule has 0 aromatic rings. The lowest BCUT2D eigenvalue weighted by molar-refractivity contribution is -0.143. The fraction of sp³-hybridized carbons (Fsp3) is 0.789. The summed E-state index contributed by atoms with van der Waals surface area (Å²) in [4.78, 5) is 89.8. The number of Topliss-reactive ketones (excluding diaryl/α,β-unsaturated/α-hetero) is 2. The lowest BCUT2D eigenvalue weighted by Crippen LogP contribution is -2.44. The highest BCUT2D eigenvalue weighted by Gasteiger charge is 2.33. The molecular weight excluding hydrogens is 909 g/mol. The van der Waals surface area contributed by atoms with E-state index in [-0.39, 0.29) is 61.7 Å². The van der Waals surface area contributed by atoms with Gasteiger partial charge in [0.2, 0.25) is 11.8 Å². The number of esters is 2. The Morgan fingerprint density at radius 1 is 0.738 bits per heavy atom. The van der Waals surface area contributed by atoms with E-state index in [0.717, 1.165) is 51.4 Å². The lowest BCUT2D eigenvalue weighted by Gasteiger charge is -2.35. The van der Waals surface area contributed by atoms with Crippen molar-refractivity contribution in [2.24, 2.45) is 11.5 Å². The molecule has 354 valence electrons. The quantitative estimate of drug-likeness (QED) is 0.0299. The van der Waals surface area contributed by atoms with Crippen LogP contribution in [0.5, 0.6) is 0 Å². The van der Waals surface area contributed by atoms with Crippen LogP contribution in [0.4, 0.5) is 0 Å². The molecule has 2 saturated carbocycles. The van der Waals surface area contributed by atoms with Crippen LogP contribution in [-0.2, 0) is 47.8 Å². The Bertz CT molecular complexity index is 1380. The molecule has 2 aliphatic rings. The Balaban J connectivity index is 0. The Morgan fingerprint density at radius 3 is 1.69 bits per heavy atom. The summed E-state index contributed by atoms with van der Waals surface area (Å²) in [6.45, 7) is 2.47. The second-order valence-corrected chi connectivity index (χ2v) is 19.0. The summed E-state index contributed by atoms with van der Waals surface area (Å²) >= 11 is 6.19. The number of carbonyl (C=O) groups excluding carboxylic acids is 6. The predicted molar refractivity (Wildman–Crippen MR) is 255 cm³/mol. The van der Waals surface area contributed by atoms with Crippen LogP contribution in [0.15, 0.2) is 0 Å². The van der Waals surface area contributed by atoms with Gasteiger partial charge in [0.15, 0.2) is 0 Å². The SMILES string of the molecule is C.O=C(O)CSC1CCC1SCC(=O)O.[3H]C(P)OC(=O)CCC(=O)[C@@H](N)CCCCN.[3H]C(P)OC(=O)CNC(=O)[C@H](CCCCNC(=O)CSC1CCC1SCC(C)=O)NC. The summed E-state index contributed by atoms with van der Waals surface area (Å²) in [6.07, 6.45) is 6.57. The first-order valence-electron chi connectivity index (χ1n) is 20.8. The van der Waals surface area contributed by atoms with Gasteiger partial charge in [0, 0.05) is 34.0 Å². The Kier molecular flexibility index (Phi) is 36.4. The fourth-order valence-corrected chi connectivity index (χ4v) is 10.7. The van der Waals surface area contributed by atoms with Gasteiger partial charge >= 0.3 is 23.9 Å². The lowest BCUT2D eigenvalue weighted by atomic mass is 9.99. The minimum Gasteiger partial charge on any atom is -0.481 e. The molecule has 0 aromatic heterocycles. The van der Waals surface area contributed by atoms with E-state index in [1.165, 1.54) is 23.5 Å². The van der Waals surface area contributed by atoms with Crippen LogP contribution < -0.4 is 27.4 Å². The largest absolute Gasteiger partial charge is 0.481 e. The molecule has 17 nitrogen and oxygen atoms in total. The number of ketones is 2. The Hall–Kier alpha value is -1.70. The van der Waals surface area contributed by atoms with Gasteiger partial charge in [-0.2, -0.15) is 0 Å². The summed E-state index contributed by atoms with van der Waals surface area (Å²) in [6, 6.07) is -0.970. The number of unbranched alkanes of at least 4 members (excludes halogenated alkanes) is 2. The topological polar surface area (TPSA) is 284 Å². The van der Waals surface area contributed by atoms with E-state index in [2.05, 4.69) is 25.4 Å². The molecule has 0 heterocycles. The number of aliphatic carboxylic acids is 2. The number of hydrogen-bond acceptors (Lipinski definition) is 17. The fourth-order valence-electron chi connectivity index (χ4n) is 5.18. The van der Waals surface area contributed by atoms with Crippen molar-refractivity contribution in [3.63, 3.8) is 0 Å². The molecule has 61 heavy (non-hydrogen) atoms. The summed E-state index contributed by atoms with van der Waals surface area (Å²) in [5.41, 5.74) is 11.0. The van der Waals surface area contributed by atoms with Gasteiger partial charge in [-0.05, 0) is 78.3 Å². The maximum atomic E-state index is 12.1. The van der Waals surface area contributed by atoms with Gasteiger partial charge in [-0.3, -0.25) is 38.4 Å². The van der Waals surface area contributed by atoms with Crippen molar-refractivity contribution < 1.29 is 60.8 Å². The van der Waals surface area contributed by atoms with Crippen LogP contribution in [-0.4, -0.2) is 153 Å².